The van der Waals surface area contributed by atoms with Crippen molar-refractivity contribution in [3.8, 4) is 0 Å². The summed E-state index contributed by atoms with van der Waals surface area (Å²) in [6.07, 6.45) is 13.2. The molecule has 0 saturated heterocycles. The van der Waals surface area contributed by atoms with E-state index in [0.717, 1.165) is 51.5 Å². The average Bonchev–Trinajstić information content (AvgIpc) is 2.46. The molecule has 4 nitrogen and oxygen atoms in total. The lowest BCUT2D eigenvalue weighted by Gasteiger charge is -2.15. The molecule has 3 N–H and O–H groups in total. The van der Waals surface area contributed by atoms with Crippen LogP contribution in [-0.2, 0) is 4.79 Å². The molecule has 0 heterocycles. The van der Waals surface area contributed by atoms with Crippen LogP contribution >= 0.6 is 0 Å². The van der Waals surface area contributed by atoms with Gasteiger partial charge in [0, 0.05) is 6.42 Å². The molecule has 130 valence electrons. The van der Waals surface area contributed by atoms with Gasteiger partial charge in [-0.05, 0) is 58.0 Å². The lowest BCUT2D eigenvalue weighted by molar-refractivity contribution is -0.137. The van der Waals surface area contributed by atoms with E-state index in [1.54, 1.807) is 0 Å². The molecule has 0 fully saturated rings. The second kappa shape index (κ2) is 15.0. The van der Waals surface area contributed by atoms with Gasteiger partial charge in [0.2, 0.25) is 0 Å². The van der Waals surface area contributed by atoms with Crippen molar-refractivity contribution in [2.45, 2.75) is 77.2 Å². The van der Waals surface area contributed by atoms with E-state index in [-0.39, 0.29) is 12.5 Å². The summed E-state index contributed by atoms with van der Waals surface area (Å²) in [5, 5.41) is 21.7. The van der Waals surface area contributed by atoms with Gasteiger partial charge >= 0.3 is 5.97 Å². The van der Waals surface area contributed by atoms with E-state index in [4.69, 9.17) is 5.11 Å². The Hall–Kier alpha value is -0.870. The SMILES string of the molecule is CCCCCC(O)C=CCCCC(CCCC(=O)O)CNC. The first kappa shape index (κ1) is 21.1. The summed E-state index contributed by atoms with van der Waals surface area (Å²) in [6.45, 7) is 3.11. The second-order valence-corrected chi connectivity index (χ2v) is 6.13. The topological polar surface area (TPSA) is 69.6 Å². The number of carboxylic acid groups (broad SMARTS) is 1. The van der Waals surface area contributed by atoms with Gasteiger partial charge in [0.15, 0.2) is 0 Å². The maximum Gasteiger partial charge on any atom is 0.303 e. The smallest absolute Gasteiger partial charge is 0.303 e. The molecule has 4 heteroatoms. The molecule has 0 saturated carbocycles. The predicted octanol–water partition coefficient (Wildman–Crippen LogP) is 3.74. The Labute approximate surface area is 136 Å². The van der Waals surface area contributed by atoms with Gasteiger partial charge in [0.25, 0.3) is 0 Å². The van der Waals surface area contributed by atoms with Crippen LogP contribution in [0.4, 0.5) is 0 Å². The highest BCUT2D eigenvalue weighted by Crippen LogP contribution is 2.16. The molecule has 0 radical (unpaired) electrons. The first-order chi connectivity index (χ1) is 10.6. The lowest BCUT2D eigenvalue weighted by Crippen LogP contribution is -2.19. The summed E-state index contributed by atoms with van der Waals surface area (Å²) < 4.78 is 0. The minimum absolute atomic E-state index is 0.268. The zero-order valence-corrected chi connectivity index (χ0v) is 14.4. The molecule has 0 spiro atoms. The highest BCUT2D eigenvalue weighted by atomic mass is 16.4. The van der Waals surface area contributed by atoms with Crippen molar-refractivity contribution in [3.05, 3.63) is 12.2 Å². The predicted molar refractivity (Wildman–Crippen MR) is 92.0 cm³/mol. The van der Waals surface area contributed by atoms with Crippen LogP contribution in [0.3, 0.4) is 0 Å². The fraction of sp³-hybridized carbons (Fsp3) is 0.833. The molecule has 22 heavy (non-hydrogen) atoms. The van der Waals surface area contributed by atoms with Crippen molar-refractivity contribution in [2.75, 3.05) is 13.6 Å². The number of aliphatic hydroxyl groups excluding tert-OH is 1. The molecular weight excluding hydrogens is 278 g/mol. The maximum absolute atomic E-state index is 10.5. The Morgan fingerprint density at radius 3 is 2.50 bits per heavy atom. The first-order valence-corrected chi connectivity index (χ1v) is 8.81. The summed E-state index contributed by atoms with van der Waals surface area (Å²) >= 11 is 0. The third-order valence-corrected chi connectivity index (χ3v) is 3.94. The zero-order valence-electron chi connectivity index (χ0n) is 14.4. The number of allylic oxidation sites excluding steroid dienone is 1. The monoisotopic (exact) mass is 313 g/mol. The van der Waals surface area contributed by atoms with Crippen LogP contribution in [0.5, 0.6) is 0 Å². The van der Waals surface area contributed by atoms with Crippen molar-refractivity contribution in [3.63, 3.8) is 0 Å². The molecular formula is C18H35NO3. The molecule has 0 aromatic rings. The Balaban J connectivity index is 3.75. The molecule has 2 atom stereocenters. The quantitative estimate of drug-likeness (QED) is 0.318. The number of nitrogens with one attached hydrogen (secondary N) is 1. The standard InChI is InChI=1S/C18H35NO3/c1-3-4-6-12-17(20)13-8-5-7-10-16(15-19-2)11-9-14-18(21)22/h8,13,16-17,19-20H,3-7,9-12,14-15H2,1-2H3,(H,21,22). The minimum Gasteiger partial charge on any atom is -0.481 e. The first-order valence-electron chi connectivity index (χ1n) is 8.81. The number of aliphatic carboxylic acids is 1. The van der Waals surface area contributed by atoms with E-state index in [2.05, 4.69) is 18.3 Å². The third kappa shape index (κ3) is 14.1. The molecule has 0 aromatic carbocycles. The highest BCUT2D eigenvalue weighted by molar-refractivity contribution is 5.66. The summed E-state index contributed by atoms with van der Waals surface area (Å²) in [7, 11) is 1.94. The number of hydrogen-bond acceptors (Lipinski definition) is 3. The van der Waals surface area contributed by atoms with Gasteiger partial charge in [-0.15, -0.1) is 0 Å². The van der Waals surface area contributed by atoms with E-state index in [1.807, 2.05) is 13.1 Å². The fourth-order valence-electron chi connectivity index (χ4n) is 2.66. The number of rotatable bonds is 15. The van der Waals surface area contributed by atoms with Gasteiger partial charge in [0.1, 0.15) is 0 Å². The van der Waals surface area contributed by atoms with Gasteiger partial charge in [-0.3, -0.25) is 4.79 Å². The van der Waals surface area contributed by atoms with E-state index < -0.39 is 5.97 Å². The summed E-state index contributed by atoms with van der Waals surface area (Å²) in [5.74, 6) is -0.157. The van der Waals surface area contributed by atoms with E-state index in [0.29, 0.717) is 5.92 Å². The van der Waals surface area contributed by atoms with E-state index in [9.17, 15) is 9.90 Å². The van der Waals surface area contributed by atoms with Crippen molar-refractivity contribution < 1.29 is 15.0 Å². The fourth-order valence-corrected chi connectivity index (χ4v) is 2.66. The van der Waals surface area contributed by atoms with Crippen molar-refractivity contribution in [2.24, 2.45) is 5.92 Å². The van der Waals surface area contributed by atoms with Gasteiger partial charge in [-0.1, -0.05) is 38.3 Å². The number of hydrogen-bond donors (Lipinski definition) is 3. The minimum atomic E-state index is -0.705. The largest absolute Gasteiger partial charge is 0.481 e. The van der Waals surface area contributed by atoms with Gasteiger partial charge in [-0.25, -0.2) is 0 Å². The molecule has 0 aliphatic carbocycles. The molecule has 0 amide bonds. The summed E-state index contributed by atoms with van der Waals surface area (Å²) in [4.78, 5) is 10.5. The second-order valence-electron chi connectivity index (χ2n) is 6.13. The number of carbonyl (C=O) groups is 1. The van der Waals surface area contributed by atoms with Crippen LogP contribution in [0.2, 0.25) is 0 Å². The highest BCUT2D eigenvalue weighted by Gasteiger charge is 2.08. The van der Waals surface area contributed by atoms with Gasteiger partial charge in [0.05, 0.1) is 6.10 Å². The van der Waals surface area contributed by atoms with Crippen molar-refractivity contribution >= 4 is 5.97 Å². The summed E-state index contributed by atoms with van der Waals surface area (Å²) in [5.41, 5.74) is 0. The maximum atomic E-state index is 10.5. The van der Waals surface area contributed by atoms with E-state index in [1.165, 1.54) is 12.8 Å². The van der Waals surface area contributed by atoms with Crippen LogP contribution < -0.4 is 5.32 Å². The van der Waals surface area contributed by atoms with Gasteiger partial charge < -0.3 is 15.5 Å². The molecule has 2 unspecified atom stereocenters. The number of unbranched alkanes of at least 4 members (excludes halogenated alkanes) is 3. The van der Waals surface area contributed by atoms with E-state index >= 15 is 0 Å². The number of aliphatic hydroxyl groups is 1. The van der Waals surface area contributed by atoms with Crippen LogP contribution in [0.25, 0.3) is 0 Å². The Morgan fingerprint density at radius 2 is 1.86 bits per heavy atom. The third-order valence-electron chi connectivity index (χ3n) is 3.94. The van der Waals surface area contributed by atoms with Crippen molar-refractivity contribution in [1.29, 1.82) is 0 Å². The Kier molecular flexibility index (Phi) is 14.4. The van der Waals surface area contributed by atoms with Crippen LogP contribution in [-0.4, -0.2) is 35.9 Å². The zero-order chi connectivity index (χ0) is 16.6. The van der Waals surface area contributed by atoms with Crippen LogP contribution in [0.1, 0.15) is 71.1 Å². The molecule has 0 rings (SSSR count). The molecule has 0 aromatic heterocycles. The summed E-state index contributed by atoms with van der Waals surface area (Å²) in [6, 6.07) is 0. The van der Waals surface area contributed by atoms with Crippen LogP contribution in [0.15, 0.2) is 12.2 Å². The van der Waals surface area contributed by atoms with Crippen LogP contribution in [0, 0.1) is 5.92 Å². The van der Waals surface area contributed by atoms with Gasteiger partial charge in [-0.2, -0.15) is 0 Å². The molecule has 0 bridgehead atoms. The molecule has 0 aliphatic heterocycles. The Morgan fingerprint density at radius 1 is 1.14 bits per heavy atom. The van der Waals surface area contributed by atoms with Crippen molar-refractivity contribution in [1.82, 2.24) is 5.32 Å². The molecule has 0 aliphatic rings. The Bertz CT molecular complexity index is 292. The number of carboxylic acids is 1. The average molecular weight is 313 g/mol. The normalized spacial score (nSPS) is 14.3. The lowest BCUT2D eigenvalue weighted by atomic mass is 9.95.